The van der Waals surface area contributed by atoms with Gasteiger partial charge >= 0.3 is 6.18 Å². The van der Waals surface area contributed by atoms with Crippen molar-refractivity contribution in [3.05, 3.63) is 46.8 Å². The molecule has 0 aliphatic carbocycles. The predicted octanol–water partition coefficient (Wildman–Crippen LogP) is 3.60. The average molecular weight is 408 g/mol. The fourth-order valence-electron chi connectivity index (χ4n) is 3.86. The lowest BCUT2D eigenvalue weighted by atomic mass is 10.0. The molecule has 2 aromatic rings. The largest absolute Gasteiger partial charge is 0.416 e. The van der Waals surface area contributed by atoms with Crippen LogP contribution in [0, 0.1) is 13.8 Å². The molecule has 5 nitrogen and oxygen atoms in total. The van der Waals surface area contributed by atoms with Crippen molar-refractivity contribution in [1.82, 2.24) is 19.6 Å². The van der Waals surface area contributed by atoms with Crippen molar-refractivity contribution in [2.45, 2.75) is 45.3 Å². The number of nitrogens with zero attached hydrogens (tertiary/aromatic N) is 4. The zero-order valence-corrected chi connectivity index (χ0v) is 17.3. The summed E-state index contributed by atoms with van der Waals surface area (Å²) in [5.74, 6) is 0.0337. The molecule has 29 heavy (non-hydrogen) atoms. The van der Waals surface area contributed by atoms with Crippen molar-refractivity contribution in [2.24, 2.45) is 0 Å². The van der Waals surface area contributed by atoms with E-state index < -0.39 is 11.7 Å². The maximum Gasteiger partial charge on any atom is 0.416 e. The molecule has 1 aliphatic rings. The van der Waals surface area contributed by atoms with Gasteiger partial charge in [0.1, 0.15) is 0 Å². The van der Waals surface area contributed by atoms with Gasteiger partial charge in [-0.1, -0.05) is 6.07 Å². The summed E-state index contributed by atoms with van der Waals surface area (Å²) < 4.78 is 40.6. The monoisotopic (exact) mass is 408 g/mol. The van der Waals surface area contributed by atoms with Crippen molar-refractivity contribution in [1.29, 1.82) is 0 Å². The molecule has 8 heteroatoms. The van der Waals surface area contributed by atoms with E-state index in [-0.39, 0.29) is 12.3 Å². The number of benzene rings is 1. The minimum atomic E-state index is -4.41. The second-order valence-electron chi connectivity index (χ2n) is 7.89. The molecule has 1 unspecified atom stereocenters. The Bertz CT molecular complexity index is 889. The van der Waals surface area contributed by atoms with Gasteiger partial charge in [-0.2, -0.15) is 18.3 Å². The quantitative estimate of drug-likeness (QED) is 0.776. The van der Waals surface area contributed by atoms with E-state index in [1.165, 1.54) is 10.7 Å². The minimum Gasteiger partial charge on any atom is -0.341 e. The van der Waals surface area contributed by atoms with Gasteiger partial charge in [0.05, 0.1) is 23.4 Å². The number of alkyl halides is 3. The second kappa shape index (κ2) is 8.18. The number of likely N-dealkylation sites (tertiary alicyclic amines) is 1. The molecule has 0 spiro atoms. The number of carbonyl (C=O) groups excluding carboxylic acids is 1. The number of aromatic nitrogens is 2. The first-order valence-corrected chi connectivity index (χ1v) is 9.75. The summed E-state index contributed by atoms with van der Waals surface area (Å²) in [5.41, 5.74) is 1.75. The van der Waals surface area contributed by atoms with Crippen LogP contribution in [0.2, 0.25) is 0 Å². The molecule has 2 heterocycles. The summed E-state index contributed by atoms with van der Waals surface area (Å²) >= 11 is 0. The van der Waals surface area contributed by atoms with Crippen LogP contribution in [-0.2, 0) is 17.4 Å². The van der Waals surface area contributed by atoms with Crippen molar-refractivity contribution in [3.8, 4) is 5.69 Å². The Kier molecular flexibility index (Phi) is 6.03. The van der Waals surface area contributed by atoms with E-state index in [0.717, 1.165) is 37.1 Å². The molecule has 1 atom stereocenters. The third-order valence-electron chi connectivity index (χ3n) is 5.67. The molecule has 3 rings (SSSR count). The van der Waals surface area contributed by atoms with Gasteiger partial charge in [0, 0.05) is 30.4 Å². The number of hydrogen-bond donors (Lipinski definition) is 0. The molecule has 1 fully saturated rings. The van der Waals surface area contributed by atoms with Crippen LogP contribution >= 0.6 is 0 Å². The van der Waals surface area contributed by atoms with E-state index in [0.29, 0.717) is 29.7 Å². The first kappa shape index (κ1) is 21.4. The van der Waals surface area contributed by atoms with Gasteiger partial charge in [-0.15, -0.1) is 0 Å². The molecule has 0 saturated carbocycles. The standard InChI is InChI=1S/C21H27F3N4O/c1-14-19(12-20(29)27-10-6-9-18(13-27)26(3)4)15(2)28(25-14)17-8-5-7-16(11-17)21(22,23)24/h5,7-8,11,18H,6,9-10,12-13H2,1-4H3. The molecule has 1 saturated heterocycles. The molecule has 1 amide bonds. The van der Waals surface area contributed by atoms with Crippen LogP contribution in [0.25, 0.3) is 5.69 Å². The Hall–Kier alpha value is -2.35. The zero-order chi connectivity index (χ0) is 21.3. The molecule has 1 aliphatic heterocycles. The number of carbonyl (C=O) groups is 1. The second-order valence-corrected chi connectivity index (χ2v) is 7.89. The fraction of sp³-hybridized carbons (Fsp3) is 0.524. The number of likely N-dealkylation sites (N-methyl/N-ethyl adjacent to an activating group) is 1. The summed E-state index contributed by atoms with van der Waals surface area (Å²) in [6, 6.07) is 5.43. The minimum absolute atomic E-state index is 0.0337. The van der Waals surface area contributed by atoms with Gasteiger partial charge in [0.2, 0.25) is 5.91 Å². The molecule has 0 bridgehead atoms. The number of hydrogen-bond acceptors (Lipinski definition) is 3. The van der Waals surface area contributed by atoms with Crippen LogP contribution in [0.5, 0.6) is 0 Å². The van der Waals surface area contributed by atoms with Crippen LogP contribution in [0.15, 0.2) is 24.3 Å². The Labute approximate surface area is 169 Å². The van der Waals surface area contributed by atoms with Gasteiger partial charge in [-0.3, -0.25) is 4.79 Å². The normalized spacial score (nSPS) is 17.8. The van der Waals surface area contributed by atoms with E-state index in [2.05, 4.69) is 10.00 Å². The van der Waals surface area contributed by atoms with E-state index in [1.807, 2.05) is 19.0 Å². The van der Waals surface area contributed by atoms with E-state index in [1.54, 1.807) is 19.9 Å². The van der Waals surface area contributed by atoms with Gasteiger partial charge in [0.15, 0.2) is 0 Å². The molecular formula is C21H27F3N4O. The summed E-state index contributed by atoms with van der Waals surface area (Å²) in [7, 11) is 4.04. The average Bonchev–Trinajstić information content (AvgIpc) is 2.95. The van der Waals surface area contributed by atoms with Gasteiger partial charge in [0.25, 0.3) is 0 Å². The number of amides is 1. The summed E-state index contributed by atoms with van der Waals surface area (Å²) in [6.07, 6.45) is -2.17. The van der Waals surface area contributed by atoms with Crippen molar-refractivity contribution < 1.29 is 18.0 Å². The number of halogens is 3. The Morgan fingerprint density at radius 2 is 2.00 bits per heavy atom. The van der Waals surface area contributed by atoms with Crippen molar-refractivity contribution >= 4 is 5.91 Å². The molecule has 0 radical (unpaired) electrons. The molecule has 158 valence electrons. The molecule has 0 N–H and O–H groups in total. The third kappa shape index (κ3) is 4.63. The van der Waals surface area contributed by atoms with E-state index in [9.17, 15) is 18.0 Å². The smallest absolute Gasteiger partial charge is 0.341 e. The van der Waals surface area contributed by atoms with Gasteiger partial charge < -0.3 is 9.80 Å². The number of aryl methyl sites for hydroxylation is 1. The topological polar surface area (TPSA) is 41.4 Å². The molecular weight excluding hydrogens is 381 g/mol. The number of rotatable bonds is 4. The first-order chi connectivity index (χ1) is 13.6. The highest BCUT2D eigenvalue weighted by Gasteiger charge is 2.31. The highest BCUT2D eigenvalue weighted by atomic mass is 19.4. The maximum atomic E-state index is 13.1. The SMILES string of the molecule is Cc1nn(-c2cccc(C(F)(F)F)c2)c(C)c1CC(=O)N1CCCC(N(C)C)C1. The Balaban J connectivity index is 1.82. The van der Waals surface area contributed by atoms with Crippen LogP contribution in [0.1, 0.15) is 35.4 Å². The lowest BCUT2D eigenvalue weighted by molar-refractivity contribution is -0.137. The lowest BCUT2D eigenvalue weighted by Crippen LogP contribution is -2.48. The summed E-state index contributed by atoms with van der Waals surface area (Å²) in [6.45, 7) is 5.02. The van der Waals surface area contributed by atoms with Crippen LogP contribution < -0.4 is 0 Å². The van der Waals surface area contributed by atoms with Crippen molar-refractivity contribution in [2.75, 3.05) is 27.2 Å². The molecule has 1 aromatic carbocycles. The fourth-order valence-corrected chi connectivity index (χ4v) is 3.86. The zero-order valence-electron chi connectivity index (χ0n) is 17.3. The van der Waals surface area contributed by atoms with Crippen LogP contribution in [0.4, 0.5) is 13.2 Å². The van der Waals surface area contributed by atoms with Gasteiger partial charge in [-0.25, -0.2) is 4.68 Å². The van der Waals surface area contributed by atoms with Gasteiger partial charge in [-0.05, 0) is 59.0 Å². The molecule has 1 aromatic heterocycles. The van der Waals surface area contributed by atoms with Crippen LogP contribution in [-0.4, -0.2) is 58.7 Å². The Morgan fingerprint density at radius 3 is 2.66 bits per heavy atom. The highest BCUT2D eigenvalue weighted by molar-refractivity contribution is 5.79. The van der Waals surface area contributed by atoms with E-state index in [4.69, 9.17) is 0 Å². The summed E-state index contributed by atoms with van der Waals surface area (Å²) in [4.78, 5) is 16.9. The number of piperidine rings is 1. The van der Waals surface area contributed by atoms with E-state index >= 15 is 0 Å². The first-order valence-electron chi connectivity index (χ1n) is 9.75. The predicted molar refractivity (Wildman–Crippen MR) is 105 cm³/mol. The van der Waals surface area contributed by atoms with Crippen LogP contribution in [0.3, 0.4) is 0 Å². The summed E-state index contributed by atoms with van der Waals surface area (Å²) in [5, 5.41) is 4.42. The lowest BCUT2D eigenvalue weighted by Gasteiger charge is -2.36. The maximum absolute atomic E-state index is 13.1. The Morgan fingerprint density at radius 1 is 1.28 bits per heavy atom. The highest BCUT2D eigenvalue weighted by Crippen LogP contribution is 2.31. The van der Waals surface area contributed by atoms with Crippen molar-refractivity contribution in [3.63, 3.8) is 0 Å². The third-order valence-corrected chi connectivity index (χ3v) is 5.67.